The highest BCUT2D eigenvalue weighted by Gasteiger charge is 2.28. The Balaban J connectivity index is 1.67. The fourth-order valence-electron chi connectivity index (χ4n) is 3.90. The van der Waals surface area contributed by atoms with Crippen molar-refractivity contribution in [1.29, 1.82) is 0 Å². The van der Waals surface area contributed by atoms with Crippen molar-refractivity contribution in [3.8, 4) is 5.75 Å². The van der Waals surface area contributed by atoms with E-state index in [1.54, 1.807) is 0 Å². The van der Waals surface area contributed by atoms with Gasteiger partial charge in [-0.05, 0) is 55.7 Å². The van der Waals surface area contributed by atoms with Crippen molar-refractivity contribution in [2.45, 2.75) is 64.0 Å². The quantitative estimate of drug-likeness (QED) is 0.861. The summed E-state index contributed by atoms with van der Waals surface area (Å²) in [5.41, 5.74) is 2.48. The molecule has 2 atom stereocenters. The normalized spacial score (nSPS) is 25.2. The zero-order chi connectivity index (χ0) is 13.2. The molecule has 2 nitrogen and oxygen atoms in total. The molecule has 1 aromatic rings. The second-order valence-electron chi connectivity index (χ2n) is 6.29. The summed E-state index contributed by atoms with van der Waals surface area (Å²) in [6, 6.07) is 7.00. The third kappa shape index (κ3) is 2.64. The molecule has 0 aromatic heterocycles. The average molecular weight is 259 g/mol. The topological polar surface area (TPSA) is 32.3 Å². The molecule has 0 amide bonds. The number of rotatable bonds is 3. The molecule has 0 radical (unpaired) electrons. The number of aromatic hydroxyl groups is 1. The molecule has 2 aliphatic rings. The first-order valence-electron chi connectivity index (χ1n) is 7.82. The lowest BCUT2D eigenvalue weighted by Gasteiger charge is -2.31. The Bertz CT molecular complexity index is 437. The van der Waals surface area contributed by atoms with Gasteiger partial charge in [0, 0.05) is 12.1 Å². The number of phenolic OH excluding ortho intramolecular Hbond substituents is 1. The molecule has 1 unspecified atom stereocenters. The predicted octanol–water partition coefficient (Wildman–Crippen LogP) is 3.94. The van der Waals surface area contributed by atoms with Crippen LogP contribution in [-0.2, 0) is 6.42 Å². The van der Waals surface area contributed by atoms with Crippen LogP contribution in [-0.4, -0.2) is 11.1 Å². The summed E-state index contributed by atoms with van der Waals surface area (Å²) in [5, 5.41) is 13.7. The Morgan fingerprint density at radius 2 is 1.95 bits per heavy atom. The van der Waals surface area contributed by atoms with Crippen molar-refractivity contribution in [1.82, 2.24) is 5.32 Å². The summed E-state index contributed by atoms with van der Waals surface area (Å²) >= 11 is 0. The highest BCUT2D eigenvalue weighted by molar-refractivity contribution is 5.44. The minimum absolute atomic E-state index is 0.444. The molecular formula is C17H25NO. The molecular weight excluding hydrogens is 234 g/mol. The summed E-state index contributed by atoms with van der Waals surface area (Å²) in [7, 11) is 0. The monoisotopic (exact) mass is 259 g/mol. The van der Waals surface area contributed by atoms with Crippen LogP contribution in [0, 0.1) is 5.92 Å². The molecule has 1 aromatic carbocycles. The lowest BCUT2D eigenvalue weighted by molar-refractivity contribution is 0.264. The van der Waals surface area contributed by atoms with E-state index in [-0.39, 0.29) is 0 Å². The van der Waals surface area contributed by atoms with Crippen LogP contribution in [0.4, 0.5) is 0 Å². The van der Waals surface area contributed by atoms with Crippen LogP contribution in [0.5, 0.6) is 5.75 Å². The Hall–Kier alpha value is -1.02. The zero-order valence-electron chi connectivity index (χ0n) is 11.9. The largest absolute Gasteiger partial charge is 0.508 e. The van der Waals surface area contributed by atoms with Gasteiger partial charge in [-0.1, -0.05) is 31.4 Å². The maximum absolute atomic E-state index is 9.90. The second kappa shape index (κ2) is 5.54. The van der Waals surface area contributed by atoms with E-state index in [2.05, 4.69) is 18.3 Å². The fraction of sp³-hybridized carbons (Fsp3) is 0.647. The summed E-state index contributed by atoms with van der Waals surface area (Å²) in [5.74, 6) is 1.32. The molecule has 104 valence electrons. The molecule has 0 aliphatic heterocycles. The zero-order valence-corrected chi connectivity index (χ0v) is 11.9. The van der Waals surface area contributed by atoms with E-state index in [1.807, 2.05) is 12.1 Å². The van der Waals surface area contributed by atoms with Crippen LogP contribution in [0.1, 0.15) is 62.6 Å². The van der Waals surface area contributed by atoms with Crippen LogP contribution in [0.2, 0.25) is 0 Å². The number of phenols is 1. The molecule has 3 rings (SSSR count). The maximum Gasteiger partial charge on any atom is 0.119 e. The van der Waals surface area contributed by atoms with Gasteiger partial charge < -0.3 is 10.4 Å². The van der Waals surface area contributed by atoms with Gasteiger partial charge in [0.15, 0.2) is 0 Å². The van der Waals surface area contributed by atoms with E-state index < -0.39 is 0 Å². The number of nitrogens with one attached hydrogen (secondary N) is 1. The van der Waals surface area contributed by atoms with E-state index in [0.717, 1.165) is 24.3 Å². The van der Waals surface area contributed by atoms with E-state index in [9.17, 15) is 5.11 Å². The minimum atomic E-state index is 0.444. The van der Waals surface area contributed by atoms with Gasteiger partial charge in [0.1, 0.15) is 5.75 Å². The van der Waals surface area contributed by atoms with E-state index >= 15 is 0 Å². The van der Waals surface area contributed by atoms with E-state index in [0.29, 0.717) is 17.8 Å². The third-order valence-electron chi connectivity index (χ3n) is 5.07. The van der Waals surface area contributed by atoms with Gasteiger partial charge in [-0.2, -0.15) is 0 Å². The SMILES string of the molecule is C[C@H](NC1CCc2c(O)cccc21)C1CCCCC1. The van der Waals surface area contributed by atoms with Crippen LogP contribution >= 0.6 is 0 Å². The van der Waals surface area contributed by atoms with E-state index in [1.165, 1.54) is 37.7 Å². The second-order valence-corrected chi connectivity index (χ2v) is 6.29. The van der Waals surface area contributed by atoms with Gasteiger partial charge in [-0.25, -0.2) is 0 Å². The first kappa shape index (κ1) is 13.0. The maximum atomic E-state index is 9.90. The smallest absolute Gasteiger partial charge is 0.119 e. The average Bonchev–Trinajstić information content (AvgIpc) is 2.84. The molecule has 2 N–H and O–H groups in total. The Morgan fingerprint density at radius 3 is 2.74 bits per heavy atom. The highest BCUT2D eigenvalue weighted by Crippen LogP contribution is 2.37. The summed E-state index contributed by atoms with van der Waals surface area (Å²) in [4.78, 5) is 0. The molecule has 19 heavy (non-hydrogen) atoms. The minimum Gasteiger partial charge on any atom is -0.508 e. The summed E-state index contributed by atoms with van der Waals surface area (Å²) < 4.78 is 0. The Morgan fingerprint density at radius 1 is 1.16 bits per heavy atom. The van der Waals surface area contributed by atoms with Crippen LogP contribution in [0.15, 0.2) is 18.2 Å². The molecule has 0 spiro atoms. The Labute approximate surface area is 116 Å². The van der Waals surface area contributed by atoms with Crippen molar-refractivity contribution in [3.05, 3.63) is 29.3 Å². The van der Waals surface area contributed by atoms with Crippen molar-refractivity contribution in [3.63, 3.8) is 0 Å². The molecule has 1 fully saturated rings. The van der Waals surface area contributed by atoms with Crippen LogP contribution in [0.3, 0.4) is 0 Å². The van der Waals surface area contributed by atoms with Crippen molar-refractivity contribution in [2.75, 3.05) is 0 Å². The van der Waals surface area contributed by atoms with Gasteiger partial charge in [-0.3, -0.25) is 0 Å². The summed E-state index contributed by atoms with van der Waals surface area (Å²) in [6.45, 7) is 2.34. The number of benzene rings is 1. The molecule has 1 saturated carbocycles. The highest BCUT2D eigenvalue weighted by atomic mass is 16.3. The number of hydrogen-bond donors (Lipinski definition) is 2. The molecule has 0 saturated heterocycles. The predicted molar refractivity (Wildman–Crippen MR) is 78.3 cm³/mol. The molecule has 2 aliphatic carbocycles. The third-order valence-corrected chi connectivity index (χ3v) is 5.07. The van der Waals surface area contributed by atoms with Gasteiger partial charge >= 0.3 is 0 Å². The van der Waals surface area contributed by atoms with Gasteiger partial charge in [0.25, 0.3) is 0 Å². The van der Waals surface area contributed by atoms with Gasteiger partial charge in [-0.15, -0.1) is 0 Å². The molecule has 0 heterocycles. The van der Waals surface area contributed by atoms with Gasteiger partial charge in [0.05, 0.1) is 0 Å². The fourth-order valence-corrected chi connectivity index (χ4v) is 3.90. The first-order chi connectivity index (χ1) is 9.25. The Kier molecular flexibility index (Phi) is 3.79. The number of fused-ring (bicyclic) bond motifs is 1. The first-order valence-corrected chi connectivity index (χ1v) is 7.82. The number of hydrogen-bond acceptors (Lipinski definition) is 2. The van der Waals surface area contributed by atoms with Crippen molar-refractivity contribution in [2.24, 2.45) is 5.92 Å². The van der Waals surface area contributed by atoms with Crippen LogP contribution < -0.4 is 5.32 Å². The lowest BCUT2D eigenvalue weighted by atomic mass is 9.84. The lowest BCUT2D eigenvalue weighted by Crippen LogP contribution is -2.36. The summed E-state index contributed by atoms with van der Waals surface area (Å²) in [6.07, 6.45) is 9.13. The van der Waals surface area contributed by atoms with Crippen molar-refractivity contribution >= 4 is 0 Å². The molecule has 0 bridgehead atoms. The van der Waals surface area contributed by atoms with E-state index in [4.69, 9.17) is 0 Å². The van der Waals surface area contributed by atoms with Gasteiger partial charge in [0.2, 0.25) is 0 Å². The van der Waals surface area contributed by atoms with Crippen LogP contribution in [0.25, 0.3) is 0 Å². The standard InChI is InChI=1S/C17H25NO/c1-12(13-6-3-2-4-7-13)18-16-11-10-15-14(16)8-5-9-17(15)19/h5,8-9,12-13,16,18-19H,2-4,6-7,10-11H2,1H3/t12-,16?/m0/s1. The molecule has 2 heteroatoms. The van der Waals surface area contributed by atoms with Crippen molar-refractivity contribution < 1.29 is 5.11 Å².